The van der Waals surface area contributed by atoms with Crippen molar-refractivity contribution in [1.82, 2.24) is 14.7 Å². The Labute approximate surface area is 108 Å². The molecule has 1 aromatic rings. The summed E-state index contributed by atoms with van der Waals surface area (Å²) < 4.78 is 25.9. The Morgan fingerprint density at radius 3 is 2.47 bits per heavy atom. The molecule has 0 aliphatic heterocycles. The summed E-state index contributed by atoms with van der Waals surface area (Å²) in [7, 11) is -3.52. The summed E-state index contributed by atoms with van der Waals surface area (Å²) in [5, 5.41) is 0.0575. The van der Waals surface area contributed by atoms with E-state index in [0.29, 0.717) is 0 Å². The molecular formula is C9H19ClN4O2S. The van der Waals surface area contributed by atoms with Crippen LogP contribution in [0, 0.1) is 0 Å². The molecule has 0 atom stereocenters. The maximum Gasteiger partial charge on any atom is 0.257 e. The normalized spacial score (nSPS) is 12.2. The van der Waals surface area contributed by atoms with Gasteiger partial charge in [0.15, 0.2) is 5.03 Å². The molecule has 0 fully saturated rings. The molecule has 0 saturated heterocycles. The Balaban J connectivity index is 0.00000256. The second kappa shape index (κ2) is 6.34. The van der Waals surface area contributed by atoms with Crippen molar-refractivity contribution >= 4 is 22.4 Å². The van der Waals surface area contributed by atoms with Gasteiger partial charge in [-0.2, -0.15) is 0 Å². The van der Waals surface area contributed by atoms with Crippen LogP contribution in [0.1, 0.15) is 26.7 Å². The third-order valence-corrected chi connectivity index (χ3v) is 4.11. The quantitative estimate of drug-likeness (QED) is 0.712. The number of rotatable bonds is 6. The molecule has 1 aromatic heterocycles. The first-order valence-electron chi connectivity index (χ1n) is 5.20. The van der Waals surface area contributed by atoms with E-state index in [1.54, 1.807) is 0 Å². The van der Waals surface area contributed by atoms with Gasteiger partial charge in [-0.1, -0.05) is 13.8 Å². The second-order valence-electron chi connectivity index (χ2n) is 3.81. The van der Waals surface area contributed by atoms with Gasteiger partial charge in [-0.05, 0) is 12.8 Å². The van der Waals surface area contributed by atoms with Crippen LogP contribution in [-0.4, -0.2) is 30.5 Å². The molecule has 100 valence electrons. The van der Waals surface area contributed by atoms with Crippen molar-refractivity contribution in [3.05, 3.63) is 12.5 Å². The van der Waals surface area contributed by atoms with Gasteiger partial charge in [-0.25, -0.2) is 18.1 Å². The molecule has 4 N–H and O–H groups in total. The highest BCUT2D eigenvalue weighted by atomic mass is 35.5. The molecule has 0 spiro atoms. The maximum absolute atomic E-state index is 11.7. The van der Waals surface area contributed by atoms with Gasteiger partial charge in [0.25, 0.3) is 10.0 Å². The van der Waals surface area contributed by atoms with Crippen molar-refractivity contribution in [2.45, 2.75) is 37.3 Å². The van der Waals surface area contributed by atoms with Gasteiger partial charge in [0.05, 0.1) is 12.5 Å². The summed E-state index contributed by atoms with van der Waals surface area (Å²) in [6.45, 7) is 4.10. The average Bonchev–Trinajstić information content (AvgIpc) is 2.80. The summed E-state index contributed by atoms with van der Waals surface area (Å²) in [6, 6.07) is 0. The topological polar surface area (TPSA) is 101 Å². The smallest absolute Gasteiger partial charge is 0.257 e. The van der Waals surface area contributed by atoms with E-state index in [-0.39, 0.29) is 24.0 Å². The fourth-order valence-electron chi connectivity index (χ4n) is 1.21. The summed E-state index contributed by atoms with van der Waals surface area (Å²) >= 11 is 0. The molecule has 6 nitrogen and oxygen atoms in total. The number of halogens is 1. The lowest BCUT2D eigenvalue weighted by Gasteiger charge is -2.26. The molecule has 1 heterocycles. The first kappa shape index (κ1) is 16.4. The highest BCUT2D eigenvalue weighted by molar-refractivity contribution is 7.89. The molecule has 8 heteroatoms. The van der Waals surface area contributed by atoms with Crippen molar-refractivity contribution < 1.29 is 8.42 Å². The summed E-state index contributed by atoms with van der Waals surface area (Å²) in [6.07, 6.45) is 4.02. The molecule has 1 rings (SSSR count). The largest absolute Gasteiger partial charge is 0.335 e. The Morgan fingerprint density at radius 1 is 1.47 bits per heavy atom. The highest BCUT2D eigenvalue weighted by Gasteiger charge is 2.24. The fraction of sp³-hybridized carbons (Fsp3) is 0.667. The summed E-state index contributed by atoms with van der Waals surface area (Å²) in [5.41, 5.74) is 5.51. The van der Waals surface area contributed by atoms with Gasteiger partial charge < -0.3 is 10.7 Å². The molecule has 0 amide bonds. The number of H-pyrrole nitrogens is 1. The predicted octanol–water partition coefficient (Wildman–Crippen LogP) is 0.627. The summed E-state index contributed by atoms with van der Waals surface area (Å²) in [4.78, 5) is 6.21. The number of hydrogen-bond acceptors (Lipinski definition) is 4. The standard InChI is InChI=1S/C9H18N4O2S.ClH/c1-3-9(10,4-2)6-13-16(14,15)8-5-11-7-12-8;/h5,7,13H,3-4,6,10H2,1-2H3,(H,11,12);1H. The molecule has 0 aliphatic rings. The van der Waals surface area contributed by atoms with Crippen molar-refractivity contribution in [2.75, 3.05) is 6.54 Å². The molecule has 0 bridgehead atoms. The lowest BCUT2D eigenvalue weighted by atomic mass is 9.95. The minimum absolute atomic E-state index is 0. The number of aromatic amines is 1. The molecule has 0 unspecified atom stereocenters. The van der Waals surface area contributed by atoms with Crippen LogP contribution in [0.4, 0.5) is 0 Å². The van der Waals surface area contributed by atoms with Crippen LogP contribution in [0.5, 0.6) is 0 Å². The maximum atomic E-state index is 11.7. The lowest BCUT2D eigenvalue weighted by Crippen LogP contribution is -2.49. The molecular weight excluding hydrogens is 264 g/mol. The zero-order chi connectivity index (χ0) is 12.2. The first-order chi connectivity index (χ1) is 7.43. The Hall–Kier alpha value is -0.630. The van der Waals surface area contributed by atoms with Crippen molar-refractivity contribution in [3.8, 4) is 0 Å². The van der Waals surface area contributed by atoms with Gasteiger partial charge in [-0.15, -0.1) is 12.4 Å². The third kappa shape index (κ3) is 4.27. The number of hydrogen-bond donors (Lipinski definition) is 3. The van der Waals surface area contributed by atoms with E-state index in [4.69, 9.17) is 5.73 Å². The van der Waals surface area contributed by atoms with E-state index in [1.165, 1.54) is 12.5 Å². The molecule has 0 radical (unpaired) electrons. The highest BCUT2D eigenvalue weighted by Crippen LogP contribution is 2.11. The SMILES string of the molecule is CCC(N)(CC)CNS(=O)(=O)c1cnc[nH]1.Cl. The van der Waals surface area contributed by atoms with Crippen molar-refractivity contribution in [1.29, 1.82) is 0 Å². The zero-order valence-corrected chi connectivity index (χ0v) is 11.6. The van der Waals surface area contributed by atoms with Crippen LogP contribution in [0.2, 0.25) is 0 Å². The number of nitrogens with two attached hydrogens (primary N) is 1. The predicted molar refractivity (Wildman–Crippen MR) is 68.5 cm³/mol. The average molecular weight is 283 g/mol. The first-order valence-corrected chi connectivity index (χ1v) is 6.69. The van der Waals surface area contributed by atoms with Crippen LogP contribution in [0.15, 0.2) is 17.6 Å². The number of nitrogens with one attached hydrogen (secondary N) is 2. The van der Waals surface area contributed by atoms with E-state index in [0.717, 1.165) is 12.8 Å². The molecule has 0 aliphatic carbocycles. The van der Waals surface area contributed by atoms with Crippen LogP contribution in [0.25, 0.3) is 0 Å². The van der Waals surface area contributed by atoms with Gasteiger partial charge >= 0.3 is 0 Å². The van der Waals surface area contributed by atoms with E-state index < -0.39 is 15.6 Å². The Bertz CT molecular complexity index is 414. The summed E-state index contributed by atoms with van der Waals surface area (Å²) in [5.74, 6) is 0. The van der Waals surface area contributed by atoms with Crippen molar-refractivity contribution in [2.24, 2.45) is 5.73 Å². The van der Waals surface area contributed by atoms with E-state index in [9.17, 15) is 8.42 Å². The number of aromatic nitrogens is 2. The van der Waals surface area contributed by atoms with E-state index in [2.05, 4.69) is 14.7 Å². The lowest BCUT2D eigenvalue weighted by molar-refractivity contribution is 0.391. The zero-order valence-electron chi connectivity index (χ0n) is 9.93. The third-order valence-electron chi connectivity index (χ3n) is 2.79. The second-order valence-corrected chi connectivity index (χ2v) is 5.55. The van der Waals surface area contributed by atoms with Gasteiger partial charge in [0, 0.05) is 12.1 Å². The van der Waals surface area contributed by atoms with Crippen molar-refractivity contribution in [3.63, 3.8) is 0 Å². The minimum Gasteiger partial charge on any atom is -0.335 e. The van der Waals surface area contributed by atoms with Crippen LogP contribution in [-0.2, 0) is 10.0 Å². The number of imidazole rings is 1. The van der Waals surface area contributed by atoms with Crippen LogP contribution < -0.4 is 10.5 Å². The van der Waals surface area contributed by atoms with Gasteiger partial charge in [-0.3, -0.25) is 0 Å². The van der Waals surface area contributed by atoms with E-state index >= 15 is 0 Å². The molecule has 0 saturated carbocycles. The molecule has 17 heavy (non-hydrogen) atoms. The monoisotopic (exact) mass is 282 g/mol. The number of nitrogens with zero attached hydrogens (tertiary/aromatic N) is 1. The van der Waals surface area contributed by atoms with Gasteiger partial charge in [0.1, 0.15) is 0 Å². The number of sulfonamides is 1. The van der Waals surface area contributed by atoms with Gasteiger partial charge in [0.2, 0.25) is 0 Å². The molecule has 0 aromatic carbocycles. The Kier molecular flexibility index (Phi) is 6.11. The van der Waals surface area contributed by atoms with Crippen LogP contribution in [0.3, 0.4) is 0 Å². The Morgan fingerprint density at radius 2 is 2.06 bits per heavy atom. The van der Waals surface area contributed by atoms with Crippen LogP contribution >= 0.6 is 12.4 Å². The van der Waals surface area contributed by atoms with E-state index in [1.807, 2.05) is 13.8 Å². The minimum atomic E-state index is -3.52. The fourth-order valence-corrected chi connectivity index (χ4v) is 2.25.